The van der Waals surface area contributed by atoms with E-state index >= 15 is 0 Å². The van der Waals surface area contributed by atoms with Gasteiger partial charge in [-0.1, -0.05) is 0 Å². The first-order chi connectivity index (χ1) is 6.40. The van der Waals surface area contributed by atoms with Crippen molar-refractivity contribution < 1.29 is 14.7 Å². The molecule has 0 spiro atoms. The van der Waals surface area contributed by atoms with Crippen molar-refractivity contribution in [1.82, 2.24) is 4.90 Å². The summed E-state index contributed by atoms with van der Waals surface area (Å²) in [6.07, 6.45) is -0.617. The molecule has 5 nitrogen and oxygen atoms in total. The van der Waals surface area contributed by atoms with E-state index in [0.717, 1.165) is 4.90 Å². The van der Waals surface area contributed by atoms with E-state index in [1.165, 1.54) is 0 Å². The standard InChI is InChI=1S/C9H12N2O3/c1-9(2,5-10)6-3-4-7(12)11(6)8(13)14/h6H,3-4H2,1-2H3,(H,13,14)/t6-/m1/s1. The van der Waals surface area contributed by atoms with Crippen molar-refractivity contribution in [1.29, 1.82) is 5.26 Å². The Morgan fingerprint density at radius 2 is 2.29 bits per heavy atom. The number of carboxylic acid groups (broad SMARTS) is 1. The van der Waals surface area contributed by atoms with Crippen LogP contribution in [0.1, 0.15) is 26.7 Å². The van der Waals surface area contributed by atoms with Gasteiger partial charge in [-0.05, 0) is 20.3 Å². The minimum Gasteiger partial charge on any atom is -0.465 e. The number of carbonyl (C=O) groups excluding carboxylic acids is 1. The summed E-state index contributed by atoms with van der Waals surface area (Å²) in [6, 6.07) is 1.52. The average molecular weight is 196 g/mol. The normalized spacial score (nSPS) is 22.2. The molecule has 14 heavy (non-hydrogen) atoms. The van der Waals surface area contributed by atoms with E-state index < -0.39 is 23.5 Å². The highest BCUT2D eigenvalue weighted by atomic mass is 16.4. The Hall–Kier alpha value is -1.57. The summed E-state index contributed by atoms with van der Waals surface area (Å²) < 4.78 is 0. The molecule has 0 radical (unpaired) electrons. The molecule has 1 heterocycles. The maximum absolute atomic E-state index is 11.2. The first-order valence-corrected chi connectivity index (χ1v) is 4.36. The third-order valence-electron chi connectivity index (χ3n) is 2.54. The Labute approximate surface area is 81.9 Å². The van der Waals surface area contributed by atoms with Crippen LogP contribution < -0.4 is 0 Å². The lowest BCUT2D eigenvalue weighted by atomic mass is 9.85. The summed E-state index contributed by atoms with van der Waals surface area (Å²) in [6.45, 7) is 3.29. The van der Waals surface area contributed by atoms with Crippen molar-refractivity contribution in [3.63, 3.8) is 0 Å². The minimum absolute atomic E-state index is 0.210. The van der Waals surface area contributed by atoms with Crippen molar-refractivity contribution >= 4 is 12.0 Å². The zero-order chi connectivity index (χ0) is 10.9. The lowest BCUT2D eigenvalue weighted by Gasteiger charge is -2.29. The summed E-state index contributed by atoms with van der Waals surface area (Å²) >= 11 is 0. The van der Waals surface area contributed by atoms with Crippen molar-refractivity contribution in [2.45, 2.75) is 32.7 Å². The summed E-state index contributed by atoms with van der Waals surface area (Å²) in [5.41, 5.74) is -0.815. The van der Waals surface area contributed by atoms with Gasteiger partial charge in [0.15, 0.2) is 0 Å². The molecule has 0 bridgehead atoms. The number of carbonyl (C=O) groups is 2. The molecule has 0 saturated carbocycles. The molecule has 0 aromatic heterocycles. The predicted molar refractivity (Wildman–Crippen MR) is 47.3 cm³/mol. The van der Waals surface area contributed by atoms with Gasteiger partial charge in [-0.2, -0.15) is 5.26 Å². The van der Waals surface area contributed by atoms with Crippen LogP contribution in [0.3, 0.4) is 0 Å². The van der Waals surface area contributed by atoms with Gasteiger partial charge in [0.2, 0.25) is 5.91 Å². The van der Waals surface area contributed by atoms with Crippen LogP contribution in [0.5, 0.6) is 0 Å². The molecule has 2 amide bonds. The van der Waals surface area contributed by atoms with E-state index in [4.69, 9.17) is 10.4 Å². The molecule has 0 aliphatic carbocycles. The Bertz CT molecular complexity index is 317. The van der Waals surface area contributed by atoms with Gasteiger partial charge in [0.25, 0.3) is 0 Å². The van der Waals surface area contributed by atoms with Crippen molar-refractivity contribution in [2.75, 3.05) is 0 Å². The highest BCUT2D eigenvalue weighted by Crippen LogP contribution is 2.33. The molecule has 1 aliphatic heterocycles. The fourth-order valence-corrected chi connectivity index (χ4v) is 1.68. The second-order valence-corrected chi connectivity index (χ2v) is 3.93. The summed E-state index contributed by atoms with van der Waals surface area (Å²) in [5, 5.41) is 17.7. The van der Waals surface area contributed by atoms with Gasteiger partial charge < -0.3 is 5.11 Å². The number of amides is 2. The van der Waals surface area contributed by atoms with E-state index in [9.17, 15) is 9.59 Å². The van der Waals surface area contributed by atoms with E-state index in [2.05, 4.69) is 0 Å². The van der Waals surface area contributed by atoms with Crippen LogP contribution in [0.4, 0.5) is 4.79 Å². The Balaban J connectivity index is 2.97. The Kier molecular flexibility index (Phi) is 2.47. The van der Waals surface area contributed by atoms with Crippen LogP contribution in [0.15, 0.2) is 0 Å². The number of hydrogen-bond acceptors (Lipinski definition) is 3. The Morgan fingerprint density at radius 1 is 1.71 bits per heavy atom. The molecule has 0 aromatic carbocycles. The molecule has 1 N–H and O–H groups in total. The smallest absolute Gasteiger partial charge is 0.414 e. The summed E-state index contributed by atoms with van der Waals surface area (Å²) in [4.78, 5) is 22.8. The van der Waals surface area contributed by atoms with Gasteiger partial charge >= 0.3 is 6.09 Å². The third-order valence-corrected chi connectivity index (χ3v) is 2.54. The Morgan fingerprint density at radius 3 is 2.71 bits per heavy atom. The van der Waals surface area contributed by atoms with Gasteiger partial charge in [0, 0.05) is 6.42 Å². The highest BCUT2D eigenvalue weighted by molar-refractivity contribution is 5.93. The van der Waals surface area contributed by atoms with Crippen molar-refractivity contribution in [3.8, 4) is 6.07 Å². The van der Waals surface area contributed by atoms with E-state index in [1.807, 2.05) is 6.07 Å². The molecule has 0 unspecified atom stereocenters. The maximum Gasteiger partial charge on any atom is 0.414 e. The molecular weight excluding hydrogens is 184 g/mol. The summed E-state index contributed by atoms with van der Waals surface area (Å²) in [5.74, 6) is -0.411. The molecule has 76 valence electrons. The number of hydrogen-bond donors (Lipinski definition) is 1. The van der Waals surface area contributed by atoms with Crippen LogP contribution in [0.25, 0.3) is 0 Å². The van der Waals surface area contributed by atoms with Crippen molar-refractivity contribution in [3.05, 3.63) is 0 Å². The van der Waals surface area contributed by atoms with Crippen LogP contribution >= 0.6 is 0 Å². The zero-order valence-corrected chi connectivity index (χ0v) is 8.15. The molecule has 1 fully saturated rings. The maximum atomic E-state index is 11.2. The highest BCUT2D eigenvalue weighted by Gasteiger charge is 2.44. The first-order valence-electron chi connectivity index (χ1n) is 4.36. The molecule has 5 heteroatoms. The van der Waals surface area contributed by atoms with Crippen LogP contribution in [0.2, 0.25) is 0 Å². The quantitative estimate of drug-likeness (QED) is 0.683. The fraction of sp³-hybridized carbons (Fsp3) is 0.667. The number of nitrogens with zero attached hydrogens (tertiary/aromatic N) is 2. The van der Waals surface area contributed by atoms with Crippen LogP contribution in [0, 0.1) is 16.7 Å². The van der Waals surface area contributed by atoms with Crippen LogP contribution in [-0.4, -0.2) is 28.0 Å². The second kappa shape index (κ2) is 3.29. The van der Waals surface area contributed by atoms with Crippen LogP contribution in [-0.2, 0) is 4.79 Å². The van der Waals surface area contributed by atoms with E-state index in [1.54, 1.807) is 13.8 Å². The SMILES string of the molecule is CC(C)(C#N)[C@H]1CCC(=O)N1C(=O)O. The van der Waals surface area contributed by atoms with Gasteiger partial charge in [0.1, 0.15) is 0 Å². The van der Waals surface area contributed by atoms with E-state index in [-0.39, 0.29) is 6.42 Å². The zero-order valence-electron chi connectivity index (χ0n) is 8.15. The average Bonchev–Trinajstić information content (AvgIpc) is 2.47. The molecule has 1 rings (SSSR count). The number of nitriles is 1. The van der Waals surface area contributed by atoms with Gasteiger partial charge in [-0.25, -0.2) is 9.69 Å². The topological polar surface area (TPSA) is 81.4 Å². The van der Waals surface area contributed by atoms with E-state index in [0.29, 0.717) is 6.42 Å². The van der Waals surface area contributed by atoms with Gasteiger partial charge in [-0.15, -0.1) is 0 Å². The molecule has 1 saturated heterocycles. The number of rotatable bonds is 1. The van der Waals surface area contributed by atoms with Gasteiger partial charge in [-0.3, -0.25) is 4.79 Å². The minimum atomic E-state index is -1.26. The second-order valence-electron chi connectivity index (χ2n) is 3.93. The third kappa shape index (κ3) is 1.55. The molecule has 0 aromatic rings. The lowest BCUT2D eigenvalue weighted by Crippen LogP contribution is -2.45. The molecule has 1 atom stereocenters. The number of likely N-dealkylation sites (tertiary alicyclic amines) is 1. The summed E-state index contributed by atoms with van der Waals surface area (Å²) in [7, 11) is 0. The number of imide groups is 1. The lowest BCUT2D eigenvalue weighted by molar-refractivity contribution is -0.127. The monoisotopic (exact) mass is 196 g/mol. The fourth-order valence-electron chi connectivity index (χ4n) is 1.68. The molecule has 1 aliphatic rings. The largest absolute Gasteiger partial charge is 0.465 e. The first kappa shape index (κ1) is 10.5. The van der Waals surface area contributed by atoms with Gasteiger partial charge in [0.05, 0.1) is 17.5 Å². The van der Waals surface area contributed by atoms with Crippen molar-refractivity contribution in [2.24, 2.45) is 5.41 Å². The molecular formula is C9H12N2O3. The predicted octanol–water partition coefficient (Wildman–Crippen LogP) is 1.21.